The topological polar surface area (TPSA) is 75.7 Å². The van der Waals surface area contributed by atoms with Gasteiger partial charge in [-0.15, -0.1) is 0 Å². The van der Waals surface area contributed by atoms with Crippen molar-refractivity contribution < 1.29 is 17.9 Å². The molecule has 0 bridgehead atoms. The lowest BCUT2D eigenvalue weighted by molar-refractivity contribution is -0.116. The van der Waals surface area contributed by atoms with Crippen molar-refractivity contribution in [3.05, 3.63) is 23.8 Å². The average Bonchev–Trinajstić information content (AvgIpc) is 2.96. The number of hydrogen-bond donors (Lipinski definition) is 1. The molecule has 0 spiro atoms. The minimum absolute atomic E-state index is 0.0114. The van der Waals surface area contributed by atoms with Crippen LogP contribution in [0.15, 0.2) is 23.1 Å². The Labute approximate surface area is 143 Å². The van der Waals surface area contributed by atoms with Crippen molar-refractivity contribution in [1.29, 1.82) is 0 Å². The molecular formula is C17H24N2O4S. The Kier molecular flexibility index (Phi) is 5.22. The van der Waals surface area contributed by atoms with Crippen LogP contribution in [-0.4, -0.2) is 44.9 Å². The normalized spacial score (nSPS) is 22.0. The maximum atomic E-state index is 12.9. The number of aryl methyl sites for hydroxylation is 1. The van der Waals surface area contributed by atoms with E-state index in [1.54, 1.807) is 22.5 Å². The van der Waals surface area contributed by atoms with Crippen molar-refractivity contribution in [2.45, 2.75) is 37.5 Å². The van der Waals surface area contributed by atoms with Gasteiger partial charge in [0.2, 0.25) is 15.9 Å². The molecule has 6 nitrogen and oxygen atoms in total. The van der Waals surface area contributed by atoms with Crippen LogP contribution >= 0.6 is 0 Å². The summed E-state index contributed by atoms with van der Waals surface area (Å²) in [5, 5.41) is 2.84. The highest BCUT2D eigenvalue weighted by Crippen LogP contribution is 2.29. The van der Waals surface area contributed by atoms with Crippen LogP contribution in [0.5, 0.6) is 0 Å². The van der Waals surface area contributed by atoms with Crippen molar-refractivity contribution in [2.75, 3.05) is 31.6 Å². The fraction of sp³-hybridized carbons (Fsp3) is 0.588. The Hall–Kier alpha value is -1.44. The van der Waals surface area contributed by atoms with E-state index in [-0.39, 0.29) is 11.8 Å². The summed E-state index contributed by atoms with van der Waals surface area (Å²) in [7, 11) is -3.49. The van der Waals surface area contributed by atoms with Crippen LogP contribution in [0.3, 0.4) is 0 Å². The molecule has 3 rings (SSSR count). The van der Waals surface area contributed by atoms with Gasteiger partial charge in [-0.1, -0.05) is 0 Å². The Bertz CT molecular complexity index is 717. The summed E-state index contributed by atoms with van der Waals surface area (Å²) in [6.45, 7) is 4.25. The predicted octanol–water partition coefficient (Wildman–Crippen LogP) is 2.01. The number of sulfonamides is 1. The molecule has 0 aromatic heterocycles. The van der Waals surface area contributed by atoms with E-state index < -0.39 is 10.0 Å². The Morgan fingerprint density at radius 2 is 2.17 bits per heavy atom. The molecule has 1 aromatic rings. The molecule has 1 saturated heterocycles. The van der Waals surface area contributed by atoms with Crippen molar-refractivity contribution in [2.24, 2.45) is 5.92 Å². The molecule has 132 valence electrons. The summed E-state index contributed by atoms with van der Waals surface area (Å²) in [4.78, 5) is 11.9. The Morgan fingerprint density at radius 3 is 2.96 bits per heavy atom. The van der Waals surface area contributed by atoms with Crippen LogP contribution in [0.25, 0.3) is 0 Å². The number of ether oxygens (including phenoxy) is 1. The van der Waals surface area contributed by atoms with Gasteiger partial charge in [0.25, 0.3) is 0 Å². The summed E-state index contributed by atoms with van der Waals surface area (Å²) in [5.41, 5.74) is 1.62. The molecular weight excluding hydrogens is 328 g/mol. The summed E-state index contributed by atoms with van der Waals surface area (Å²) >= 11 is 0. The van der Waals surface area contributed by atoms with Gasteiger partial charge in [0, 0.05) is 31.8 Å². The van der Waals surface area contributed by atoms with Crippen LogP contribution in [0, 0.1) is 5.92 Å². The van der Waals surface area contributed by atoms with Gasteiger partial charge in [-0.25, -0.2) is 8.42 Å². The van der Waals surface area contributed by atoms with E-state index in [1.807, 2.05) is 6.92 Å². The first-order chi connectivity index (χ1) is 11.5. The van der Waals surface area contributed by atoms with Crippen molar-refractivity contribution >= 4 is 21.6 Å². The van der Waals surface area contributed by atoms with E-state index >= 15 is 0 Å². The lowest BCUT2D eigenvalue weighted by Crippen LogP contribution is -2.29. The second-order valence-corrected chi connectivity index (χ2v) is 8.34. The third-order valence-corrected chi connectivity index (χ3v) is 6.51. The van der Waals surface area contributed by atoms with Gasteiger partial charge in [-0.3, -0.25) is 4.79 Å². The molecule has 7 heteroatoms. The molecule has 0 radical (unpaired) electrons. The highest BCUT2D eigenvalue weighted by atomic mass is 32.2. The number of rotatable bonds is 5. The highest BCUT2D eigenvalue weighted by molar-refractivity contribution is 7.89. The van der Waals surface area contributed by atoms with E-state index in [2.05, 4.69) is 5.32 Å². The Morgan fingerprint density at radius 1 is 1.33 bits per heavy atom. The molecule has 2 aliphatic heterocycles. The fourth-order valence-electron chi connectivity index (χ4n) is 3.30. The molecule has 1 atom stereocenters. The monoisotopic (exact) mass is 352 g/mol. The lowest BCUT2D eigenvalue weighted by atomic mass is 10.1. The van der Waals surface area contributed by atoms with E-state index in [4.69, 9.17) is 4.74 Å². The number of benzene rings is 1. The first-order valence-corrected chi connectivity index (χ1v) is 9.95. The summed E-state index contributed by atoms with van der Waals surface area (Å²) in [6.07, 6.45) is 2.76. The third kappa shape index (κ3) is 3.63. The average molecular weight is 352 g/mol. The second kappa shape index (κ2) is 7.21. The second-order valence-electron chi connectivity index (χ2n) is 6.40. The SMILES string of the molecule is CCOCC1CCN(S(=O)(=O)c2ccc3c(c2)CCCC(=O)N3)C1. The minimum atomic E-state index is -3.49. The quantitative estimate of drug-likeness (QED) is 0.879. The molecule has 1 N–H and O–H groups in total. The van der Waals surface area contributed by atoms with Gasteiger partial charge in [-0.05, 0) is 55.9 Å². The molecule has 1 unspecified atom stereocenters. The van der Waals surface area contributed by atoms with Gasteiger partial charge in [0.1, 0.15) is 0 Å². The third-order valence-electron chi connectivity index (χ3n) is 4.64. The molecule has 0 aliphatic carbocycles. The maximum Gasteiger partial charge on any atom is 0.243 e. The zero-order valence-corrected chi connectivity index (χ0v) is 14.8. The van der Waals surface area contributed by atoms with Gasteiger partial charge in [0.15, 0.2) is 0 Å². The number of fused-ring (bicyclic) bond motifs is 1. The minimum Gasteiger partial charge on any atom is -0.381 e. The van der Waals surface area contributed by atoms with Gasteiger partial charge in [-0.2, -0.15) is 4.31 Å². The summed E-state index contributed by atoms with van der Waals surface area (Å²) in [5.74, 6) is 0.252. The number of carbonyl (C=O) groups is 1. The first kappa shape index (κ1) is 17.4. The first-order valence-electron chi connectivity index (χ1n) is 8.51. The van der Waals surface area contributed by atoms with Crippen LogP contribution in [0.2, 0.25) is 0 Å². The molecule has 1 fully saturated rings. The number of carbonyl (C=O) groups excluding carboxylic acids is 1. The maximum absolute atomic E-state index is 12.9. The Balaban J connectivity index is 1.78. The number of hydrogen-bond acceptors (Lipinski definition) is 4. The van der Waals surface area contributed by atoms with E-state index in [0.717, 1.165) is 24.1 Å². The van der Waals surface area contributed by atoms with Crippen LogP contribution in [0.1, 0.15) is 31.7 Å². The lowest BCUT2D eigenvalue weighted by Gasteiger charge is -2.18. The van der Waals surface area contributed by atoms with Crippen molar-refractivity contribution in [1.82, 2.24) is 4.31 Å². The van der Waals surface area contributed by atoms with Crippen LogP contribution < -0.4 is 5.32 Å². The standard InChI is InChI=1S/C17H24N2O4S/c1-2-23-12-13-8-9-19(11-13)24(21,22)15-6-7-16-14(10-15)4-3-5-17(20)18-16/h6-7,10,13H,2-5,8-9,11-12H2,1H3,(H,18,20). The van der Waals surface area contributed by atoms with Crippen LogP contribution in [-0.2, 0) is 26.0 Å². The largest absolute Gasteiger partial charge is 0.381 e. The molecule has 1 aromatic carbocycles. The predicted molar refractivity (Wildman–Crippen MR) is 91.4 cm³/mol. The zero-order valence-electron chi connectivity index (χ0n) is 14.0. The fourth-order valence-corrected chi connectivity index (χ4v) is 4.88. The molecule has 1 amide bonds. The summed E-state index contributed by atoms with van der Waals surface area (Å²) in [6, 6.07) is 5.01. The van der Waals surface area contributed by atoms with Crippen molar-refractivity contribution in [3.63, 3.8) is 0 Å². The van der Waals surface area contributed by atoms with Crippen molar-refractivity contribution in [3.8, 4) is 0 Å². The molecule has 2 heterocycles. The number of amides is 1. The smallest absolute Gasteiger partial charge is 0.243 e. The zero-order chi connectivity index (χ0) is 17.2. The van der Waals surface area contributed by atoms with Gasteiger partial charge >= 0.3 is 0 Å². The molecule has 0 saturated carbocycles. The van der Waals surface area contributed by atoms with E-state index in [9.17, 15) is 13.2 Å². The van der Waals surface area contributed by atoms with E-state index in [0.29, 0.717) is 44.0 Å². The van der Waals surface area contributed by atoms with Gasteiger partial charge in [0.05, 0.1) is 11.5 Å². The number of anilines is 1. The number of nitrogens with zero attached hydrogens (tertiary/aromatic N) is 1. The van der Waals surface area contributed by atoms with Crippen LogP contribution in [0.4, 0.5) is 5.69 Å². The van der Waals surface area contributed by atoms with Gasteiger partial charge < -0.3 is 10.1 Å². The molecule has 24 heavy (non-hydrogen) atoms. The highest BCUT2D eigenvalue weighted by Gasteiger charge is 2.33. The summed E-state index contributed by atoms with van der Waals surface area (Å²) < 4.78 is 32.7. The number of nitrogens with one attached hydrogen (secondary N) is 1. The van der Waals surface area contributed by atoms with E-state index in [1.165, 1.54) is 0 Å². The molecule has 2 aliphatic rings.